The topological polar surface area (TPSA) is 41.1 Å². The van der Waals surface area contributed by atoms with Gasteiger partial charge in [-0.25, -0.2) is 8.78 Å². The molecule has 3 nitrogen and oxygen atoms in total. The first-order valence-electron chi connectivity index (χ1n) is 8.16. The second kappa shape index (κ2) is 8.41. The molecule has 2 aromatic carbocycles. The zero-order valence-corrected chi connectivity index (χ0v) is 15.0. The van der Waals surface area contributed by atoms with Crippen molar-refractivity contribution in [1.82, 2.24) is 5.32 Å². The van der Waals surface area contributed by atoms with Crippen LogP contribution in [0.25, 0.3) is 0 Å². The van der Waals surface area contributed by atoms with Crippen LogP contribution in [0, 0.1) is 11.6 Å². The monoisotopic (exact) mass is 366 g/mol. The van der Waals surface area contributed by atoms with Crippen LogP contribution < -0.4 is 10.6 Å². The van der Waals surface area contributed by atoms with Crippen LogP contribution in [0.2, 0.25) is 5.02 Å². The zero-order chi connectivity index (χ0) is 18.4. The number of benzene rings is 2. The van der Waals surface area contributed by atoms with Crippen LogP contribution in [-0.4, -0.2) is 12.5 Å². The van der Waals surface area contributed by atoms with Gasteiger partial charge in [0.25, 0.3) is 0 Å². The van der Waals surface area contributed by atoms with Gasteiger partial charge < -0.3 is 5.32 Å². The van der Waals surface area contributed by atoms with E-state index in [4.69, 9.17) is 11.6 Å². The van der Waals surface area contributed by atoms with Crippen molar-refractivity contribution in [2.75, 3.05) is 11.9 Å². The van der Waals surface area contributed by atoms with E-state index in [0.29, 0.717) is 5.02 Å². The third kappa shape index (κ3) is 4.77. The highest BCUT2D eigenvalue weighted by Gasteiger charge is 2.28. The Morgan fingerprint density at radius 1 is 1.08 bits per heavy atom. The maximum absolute atomic E-state index is 13.6. The SMILES string of the molecule is CCC(CC)(NCC(=O)Nc1cc(F)ccc1F)c1ccc(Cl)cc1. The van der Waals surface area contributed by atoms with Gasteiger partial charge in [0.2, 0.25) is 5.91 Å². The fourth-order valence-electron chi connectivity index (χ4n) is 2.82. The Balaban J connectivity index is 2.09. The van der Waals surface area contributed by atoms with Crippen molar-refractivity contribution < 1.29 is 13.6 Å². The number of rotatable bonds is 7. The summed E-state index contributed by atoms with van der Waals surface area (Å²) in [5.74, 6) is -1.73. The Hall–Kier alpha value is -1.98. The highest BCUT2D eigenvalue weighted by atomic mass is 35.5. The molecular formula is C19H21ClF2N2O. The number of nitrogens with one attached hydrogen (secondary N) is 2. The summed E-state index contributed by atoms with van der Waals surface area (Å²) in [6, 6.07) is 10.4. The molecule has 25 heavy (non-hydrogen) atoms. The second-order valence-corrected chi connectivity index (χ2v) is 6.26. The molecule has 0 fully saturated rings. The molecule has 2 N–H and O–H groups in total. The van der Waals surface area contributed by atoms with Crippen LogP contribution in [0.3, 0.4) is 0 Å². The molecular weight excluding hydrogens is 346 g/mol. The van der Waals surface area contributed by atoms with Gasteiger partial charge in [-0.3, -0.25) is 10.1 Å². The number of halogens is 3. The first-order chi connectivity index (χ1) is 11.9. The normalized spacial score (nSPS) is 11.4. The summed E-state index contributed by atoms with van der Waals surface area (Å²) >= 11 is 5.94. The number of hydrogen-bond acceptors (Lipinski definition) is 2. The van der Waals surface area contributed by atoms with E-state index in [0.717, 1.165) is 36.6 Å². The van der Waals surface area contributed by atoms with E-state index in [-0.39, 0.29) is 12.2 Å². The van der Waals surface area contributed by atoms with Crippen molar-refractivity contribution >= 4 is 23.2 Å². The lowest BCUT2D eigenvalue weighted by Gasteiger charge is -2.33. The number of anilines is 1. The molecule has 0 unspecified atom stereocenters. The van der Waals surface area contributed by atoms with Gasteiger partial charge in [0.05, 0.1) is 12.2 Å². The predicted octanol–water partition coefficient (Wildman–Crippen LogP) is 4.86. The number of carbonyl (C=O) groups excluding carboxylic acids is 1. The van der Waals surface area contributed by atoms with Gasteiger partial charge in [-0.2, -0.15) is 0 Å². The molecule has 0 bridgehead atoms. The third-order valence-corrected chi connectivity index (χ3v) is 4.65. The van der Waals surface area contributed by atoms with Gasteiger partial charge in [0, 0.05) is 16.6 Å². The van der Waals surface area contributed by atoms with E-state index in [1.165, 1.54) is 0 Å². The van der Waals surface area contributed by atoms with Crippen LogP contribution in [0.5, 0.6) is 0 Å². The molecule has 0 radical (unpaired) electrons. The van der Waals surface area contributed by atoms with Gasteiger partial charge in [-0.05, 0) is 42.7 Å². The van der Waals surface area contributed by atoms with Gasteiger partial charge in [-0.15, -0.1) is 0 Å². The van der Waals surface area contributed by atoms with E-state index in [1.54, 1.807) is 12.1 Å². The Morgan fingerprint density at radius 3 is 2.32 bits per heavy atom. The first kappa shape index (κ1) is 19.3. The van der Waals surface area contributed by atoms with Crippen molar-refractivity contribution in [3.05, 3.63) is 64.7 Å². The molecule has 134 valence electrons. The number of hydrogen-bond donors (Lipinski definition) is 2. The molecule has 2 aromatic rings. The van der Waals surface area contributed by atoms with Crippen LogP contribution in [0.15, 0.2) is 42.5 Å². The summed E-state index contributed by atoms with van der Waals surface area (Å²) < 4.78 is 26.8. The lowest BCUT2D eigenvalue weighted by Crippen LogP contribution is -2.45. The van der Waals surface area contributed by atoms with Crippen molar-refractivity contribution in [2.24, 2.45) is 0 Å². The van der Waals surface area contributed by atoms with E-state index in [9.17, 15) is 13.6 Å². The Kier molecular flexibility index (Phi) is 6.51. The minimum atomic E-state index is -0.676. The molecule has 0 aromatic heterocycles. The maximum Gasteiger partial charge on any atom is 0.238 e. The lowest BCUT2D eigenvalue weighted by molar-refractivity contribution is -0.115. The molecule has 6 heteroatoms. The van der Waals surface area contributed by atoms with Gasteiger partial charge in [-0.1, -0.05) is 37.6 Å². The van der Waals surface area contributed by atoms with Crippen molar-refractivity contribution in [1.29, 1.82) is 0 Å². The molecule has 0 aliphatic heterocycles. The van der Waals surface area contributed by atoms with Gasteiger partial charge >= 0.3 is 0 Å². The lowest BCUT2D eigenvalue weighted by atomic mass is 9.84. The largest absolute Gasteiger partial charge is 0.322 e. The molecule has 0 atom stereocenters. The summed E-state index contributed by atoms with van der Waals surface area (Å²) in [6.45, 7) is 4.02. The highest BCUT2D eigenvalue weighted by Crippen LogP contribution is 2.29. The number of carbonyl (C=O) groups is 1. The quantitative estimate of drug-likeness (QED) is 0.734. The van der Waals surface area contributed by atoms with E-state index >= 15 is 0 Å². The minimum absolute atomic E-state index is 0.0275. The highest BCUT2D eigenvalue weighted by molar-refractivity contribution is 6.30. The molecule has 0 heterocycles. The smallest absolute Gasteiger partial charge is 0.238 e. The average Bonchev–Trinajstić information content (AvgIpc) is 2.61. The molecule has 0 saturated heterocycles. The average molecular weight is 367 g/mol. The summed E-state index contributed by atoms with van der Waals surface area (Å²) in [5.41, 5.74) is 0.450. The van der Waals surface area contributed by atoms with E-state index in [1.807, 2.05) is 26.0 Å². The second-order valence-electron chi connectivity index (χ2n) is 5.82. The van der Waals surface area contributed by atoms with Gasteiger partial charge in [0.15, 0.2) is 0 Å². The summed E-state index contributed by atoms with van der Waals surface area (Å²) in [5, 5.41) is 6.29. The maximum atomic E-state index is 13.6. The molecule has 0 aliphatic rings. The van der Waals surface area contributed by atoms with Crippen LogP contribution >= 0.6 is 11.6 Å². The summed E-state index contributed by atoms with van der Waals surface area (Å²) in [4.78, 5) is 12.2. The molecule has 1 amide bonds. The van der Waals surface area contributed by atoms with E-state index < -0.39 is 23.1 Å². The van der Waals surface area contributed by atoms with Crippen molar-refractivity contribution in [2.45, 2.75) is 32.2 Å². The van der Waals surface area contributed by atoms with Crippen LogP contribution in [0.4, 0.5) is 14.5 Å². The van der Waals surface area contributed by atoms with Gasteiger partial charge in [0.1, 0.15) is 11.6 Å². The Labute approximate surface area is 151 Å². The first-order valence-corrected chi connectivity index (χ1v) is 8.54. The zero-order valence-electron chi connectivity index (χ0n) is 14.2. The molecule has 0 aliphatic carbocycles. The molecule has 0 spiro atoms. The van der Waals surface area contributed by atoms with Crippen LogP contribution in [-0.2, 0) is 10.3 Å². The summed E-state index contributed by atoms with van der Waals surface area (Å²) in [7, 11) is 0. The molecule has 2 rings (SSSR count). The van der Waals surface area contributed by atoms with Crippen molar-refractivity contribution in [3.8, 4) is 0 Å². The van der Waals surface area contributed by atoms with Crippen molar-refractivity contribution in [3.63, 3.8) is 0 Å². The fraction of sp³-hybridized carbons (Fsp3) is 0.316. The Morgan fingerprint density at radius 2 is 1.72 bits per heavy atom. The summed E-state index contributed by atoms with van der Waals surface area (Å²) in [6.07, 6.45) is 1.51. The third-order valence-electron chi connectivity index (χ3n) is 4.39. The molecule has 0 saturated carbocycles. The number of amides is 1. The van der Waals surface area contributed by atoms with Crippen LogP contribution in [0.1, 0.15) is 32.3 Å². The Bertz CT molecular complexity index is 731. The predicted molar refractivity (Wildman–Crippen MR) is 96.7 cm³/mol. The minimum Gasteiger partial charge on any atom is -0.322 e. The van der Waals surface area contributed by atoms with E-state index in [2.05, 4.69) is 10.6 Å². The fourth-order valence-corrected chi connectivity index (χ4v) is 2.94. The standard InChI is InChI=1S/C19H21ClF2N2O/c1-3-19(4-2,13-5-7-14(20)8-6-13)23-12-18(25)24-17-11-15(21)9-10-16(17)22/h5-11,23H,3-4,12H2,1-2H3,(H,24,25).